The molecule has 1 aromatic heterocycles. The Balaban J connectivity index is 1.61. The summed E-state index contributed by atoms with van der Waals surface area (Å²) in [5.74, 6) is 1.41. The number of hydrogen-bond donors (Lipinski definition) is 2. The Labute approximate surface area is 168 Å². The molecule has 0 saturated heterocycles. The molecule has 3 aromatic carbocycles. The van der Waals surface area contributed by atoms with Crippen LogP contribution in [0.15, 0.2) is 72.9 Å². The van der Waals surface area contributed by atoms with E-state index in [0.29, 0.717) is 23.1 Å². The highest BCUT2D eigenvalue weighted by Crippen LogP contribution is 2.27. The smallest absolute Gasteiger partial charge is 0.256 e. The van der Waals surface area contributed by atoms with Crippen molar-refractivity contribution in [2.75, 3.05) is 17.7 Å². The second-order valence-corrected chi connectivity index (χ2v) is 6.58. The van der Waals surface area contributed by atoms with E-state index in [1.165, 1.54) is 0 Å². The number of ether oxygens (including phenoxy) is 1. The molecule has 0 saturated carbocycles. The highest BCUT2D eigenvalue weighted by atomic mass is 16.5. The van der Waals surface area contributed by atoms with E-state index in [0.717, 1.165) is 22.0 Å². The molecule has 0 bridgehead atoms. The molecule has 6 heteroatoms. The summed E-state index contributed by atoms with van der Waals surface area (Å²) in [5.41, 5.74) is 2.47. The Bertz CT molecular complexity index is 1190. The molecule has 2 N–H and O–H groups in total. The summed E-state index contributed by atoms with van der Waals surface area (Å²) in [5, 5.41) is 7.60. The van der Waals surface area contributed by atoms with Crippen LogP contribution in [0.1, 0.15) is 15.9 Å². The first-order chi connectivity index (χ1) is 14.1. The molecule has 0 aliphatic rings. The first kappa shape index (κ1) is 18.4. The fourth-order valence-corrected chi connectivity index (χ4v) is 3.08. The van der Waals surface area contributed by atoms with Crippen LogP contribution in [0.2, 0.25) is 0 Å². The van der Waals surface area contributed by atoms with Gasteiger partial charge >= 0.3 is 0 Å². The van der Waals surface area contributed by atoms with Crippen LogP contribution < -0.4 is 15.4 Å². The predicted octanol–water partition coefficient (Wildman–Crippen LogP) is 5.02. The number of amides is 1. The van der Waals surface area contributed by atoms with Gasteiger partial charge in [0.1, 0.15) is 5.75 Å². The molecule has 1 amide bonds. The first-order valence-corrected chi connectivity index (χ1v) is 9.22. The maximum absolute atomic E-state index is 12.8. The lowest BCUT2D eigenvalue weighted by molar-refractivity contribution is 0.102. The lowest BCUT2D eigenvalue weighted by atomic mass is 10.0. The van der Waals surface area contributed by atoms with E-state index >= 15 is 0 Å². The standard InChI is InChI=1S/C23H20N4O2/c1-15-5-3-7-17(13-15)26-22(28)20-8-4-6-16-14-18(9-10-19(16)20)29-21-11-12-25-23(24-2)27-21/h3-14H,1-2H3,(H,26,28)(H,24,25,27). The van der Waals surface area contributed by atoms with Crippen LogP contribution >= 0.6 is 0 Å². The highest BCUT2D eigenvalue weighted by Gasteiger charge is 2.11. The van der Waals surface area contributed by atoms with E-state index in [-0.39, 0.29) is 5.91 Å². The summed E-state index contributed by atoms with van der Waals surface area (Å²) < 4.78 is 5.85. The fourth-order valence-electron chi connectivity index (χ4n) is 3.08. The summed E-state index contributed by atoms with van der Waals surface area (Å²) >= 11 is 0. The molecule has 0 unspecified atom stereocenters. The molecule has 4 rings (SSSR count). The Morgan fingerprint density at radius 3 is 2.69 bits per heavy atom. The van der Waals surface area contributed by atoms with E-state index in [2.05, 4.69) is 20.6 Å². The third-order valence-corrected chi connectivity index (χ3v) is 4.45. The van der Waals surface area contributed by atoms with Crippen molar-refractivity contribution in [3.63, 3.8) is 0 Å². The number of aromatic nitrogens is 2. The lowest BCUT2D eigenvalue weighted by Gasteiger charge is -2.10. The van der Waals surface area contributed by atoms with Gasteiger partial charge in [-0.15, -0.1) is 0 Å². The molecule has 4 aromatic rings. The number of rotatable bonds is 5. The predicted molar refractivity (Wildman–Crippen MR) is 115 cm³/mol. The minimum absolute atomic E-state index is 0.149. The minimum atomic E-state index is -0.149. The number of carbonyl (C=O) groups excluding carboxylic acids is 1. The Morgan fingerprint density at radius 1 is 1.00 bits per heavy atom. The summed E-state index contributed by atoms with van der Waals surface area (Å²) in [6, 6.07) is 20.7. The third kappa shape index (κ3) is 4.16. The van der Waals surface area contributed by atoms with Gasteiger partial charge in [0.05, 0.1) is 0 Å². The van der Waals surface area contributed by atoms with Crippen molar-refractivity contribution in [3.8, 4) is 11.6 Å². The van der Waals surface area contributed by atoms with Gasteiger partial charge in [-0.2, -0.15) is 4.98 Å². The van der Waals surface area contributed by atoms with Crippen molar-refractivity contribution in [1.29, 1.82) is 0 Å². The van der Waals surface area contributed by atoms with Gasteiger partial charge in [-0.1, -0.05) is 24.3 Å². The summed E-state index contributed by atoms with van der Waals surface area (Å²) in [7, 11) is 1.75. The molecule has 144 valence electrons. The number of fused-ring (bicyclic) bond motifs is 1. The van der Waals surface area contributed by atoms with Crippen LogP contribution in [0.5, 0.6) is 11.6 Å². The molecular formula is C23H20N4O2. The second-order valence-electron chi connectivity index (χ2n) is 6.58. The average Bonchev–Trinajstić information content (AvgIpc) is 2.73. The Kier molecular flexibility index (Phi) is 5.07. The van der Waals surface area contributed by atoms with Gasteiger partial charge in [0, 0.05) is 30.6 Å². The number of hydrogen-bond acceptors (Lipinski definition) is 5. The molecule has 0 aliphatic heterocycles. The van der Waals surface area contributed by atoms with Gasteiger partial charge in [0.15, 0.2) is 0 Å². The van der Waals surface area contributed by atoms with Crippen LogP contribution in [0, 0.1) is 6.92 Å². The summed E-state index contributed by atoms with van der Waals surface area (Å²) in [6.07, 6.45) is 1.63. The average molecular weight is 384 g/mol. The van der Waals surface area contributed by atoms with Crippen molar-refractivity contribution in [3.05, 3.63) is 84.1 Å². The van der Waals surface area contributed by atoms with Gasteiger partial charge in [-0.3, -0.25) is 4.79 Å². The van der Waals surface area contributed by atoms with Crippen LogP contribution in [0.4, 0.5) is 11.6 Å². The largest absolute Gasteiger partial charge is 0.439 e. The SMILES string of the molecule is CNc1nccc(Oc2ccc3c(C(=O)Nc4cccc(C)c4)cccc3c2)n1. The number of anilines is 2. The van der Waals surface area contributed by atoms with Gasteiger partial charge in [-0.25, -0.2) is 4.98 Å². The lowest BCUT2D eigenvalue weighted by Crippen LogP contribution is -2.12. The van der Waals surface area contributed by atoms with Crippen molar-refractivity contribution >= 4 is 28.3 Å². The highest BCUT2D eigenvalue weighted by molar-refractivity contribution is 6.13. The van der Waals surface area contributed by atoms with Gasteiger partial charge in [-0.05, 0) is 59.7 Å². The third-order valence-electron chi connectivity index (χ3n) is 4.45. The second kappa shape index (κ2) is 7.98. The zero-order valence-electron chi connectivity index (χ0n) is 16.1. The monoisotopic (exact) mass is 384 g/mol. The number of carbonyl (C=O) groups is 1. The zero-order chi connectivity index (χ0) is 20.2. The molecule has 1 heterocycles. The normalized spacial score (nSPS) is 10.6. The van der Waals surface area contributed by atoms with E-state index in [1.807, 2.05) is 67.6 Å². The Hall–Kier alpha value is -3.93. The topological polar surface area (TPSA) is 76.1 Å². The maximum Gasteiger partial charge on any atom is 0.256 e. The van der Waals surface area contributed by atoms with E-state index in [9.17, 15) is 4.79 Å². The maximum atomic E-state index is 12.8. The molecule has 0 spiro atoms. The Morgan fingerprint density at radius 2 is 1.86 bits per heavy atom. The van der Waals surface area contributed by atoms with Crippen LogP contribution in [0.25, 0.3) is 10.8 Å². The number of aryl methyl sites for hydroxylation is 1. The van der Waals surface area contributed by atoms with E-state index in [1.54, 1.807) is 19.3 Å². The molecule has 0 fully saturated rings. The van der Waals surface area contributed by atoms with Crippen molar-refractivity contribution in [2.45, 2.75) is 6.92 Å². The summed E-state index contributed by atoms with van der Waals surface area (Å²) in [6.45, 7) is 1.99. The van der Waals surface area contributed by atoms with Crippen LogP contribution in [-0.2, 0) is 0 Å². The van der Waals surface area contributed by atoms with Gasteiger partial charge in [0.2, 0.25) is 11.8 Å². The molecular weight excluding hydrogens is 364 g/mol. The van der Waals surface area contributed by atoms with Crippen molar-refractivity contribution in [2.24, 2.45) is 0 Å². The summed E-state index contributed by atoms with van der Waals surface area (Å²) in [4.78, 5) is 21.2. The van der Waals surface area contributed by atoms with Gasteiger partial charge < -0.3 is 15.4 Å². The molecule has 0 radical (unpaired) electrons. The number of nitrogens with one attached hydrogen (secondary N) is 2. The number of nitrogens with zero attached hydrogens (tertiary/aromatic N) is 2. The van der Waals surface area contributed by atoms with Crippen LogP contribution in [0.3, 0.4) is 0 Å². The molecule has 0 aliphatic carbocycles. The zero-order valence-corrected chi connectivity index (χ0v) is 16.1. The number of benzene rings is 3. The molecule has 29 heavy (non-hydrogen) atoms. The van der Waals surface area contributed by atoms with E-state index < -0.39 is 0 Å². The van der Waals surface area contributed by atoms with Crippen molar-refractivity contribution < 1.29 is 9.53 Å². The van der Waals surface area contributed by atoms with E-state index in [4.69, 9.17) is 4.74 Å². The molecule has 0 atom stereocenters. The van der Waals surface area contributed by atoms with Crippen LogP contribution in [-0.4, -0.2) is 22.9 Å². The molecule has 6 nitrogen and oxygen atoms in total. The minimum Gasteiger partial charge on any atom is -0.439 e. The van der Waals surface area contributed by atoms with Gasteiger partial charge in [0.25, 0.3) is 5.91 Å². The van der Waals surface area contributed by atoms with Crippen molar-refractivity contribution in [1.82, 2.24) is 9.97 Å². The first-order valence-electron chi connectivity index (χ1n) is 9.22. The fraction of sp³-hybridized carbons (Fsp3) is 0.0870. The quantitative estimate of drug-likeness (QED) is 0.505.